The van der Waals surface area contributed by atoms with Gasteiger partial charge in [0.25, 0.3) is 0 Å². The highest BCUT2D eigenvalue weighted by molar-refractivity contribution is 7.10. The lowest BCUT2D eigenvalue weighted by Crippen LogP contribution is -2.29. The first-order valence-corrected chi connectivity index (χ1v) is 7.34. The molecule has 2 N–H and O–H groups in total. The van der Waals surface area contributed by atoms with E-state index < -0.39 is 0 Å². The second kappa shape index (κ2) is 5.23. The van der Waals surface area contributed by atoms with Crippen LogP contribution >= 0.6 is 11.3 Å². The monoisotopic (exact) mass is 274 g/mol. The molecule has 0 saturated heterocycles. The maximum absolute atomic E-state index is 5.87. The second-order valence-corrected chi connectivity index (χ2v) is 5.90. The average Bonchev–Trinajstić information content (AvgIpc) is 2.86. The fourth-order valence-corrected chi connectivity index (χ4v) is 3.49. The maximum atomic E-state index is 5.87. The van der Waals surface area contributed by atoms with E-state index in [1.54, 1.807) is 7.11 Å². The van der Waals surface area contributed by atoms with Crippen LogP contribution in [0.3, 0.4) is 0 Å². The number of thiophene rings is 1. The third-order valence-electron chi connectivity index (χ3n) is 3.59. The van der Waals surface area contributed by atoms with Crippen LogP contribution in [0, 0.1) is 0 Å². The molecule has 0 aliphatic carbocycles. The molecule has 1 aliphatic rings. The molecule has 0 fully saturated rings. The van der Waals surface area contributed by atoms with Gasteiger partial charge in [0.2, 0.25) is 0 Å². The van der Waals surface area contributed by atoms with Crippen molar-refractivity contribution in [2.75, 3.05) is 19.4 Å². The van der Waals surface area contributed by atoms with E-state index >= 15 is 0 Å². The summed E-state index contributed by atoms with van der Waals surface area (Å²) in [6, 6.07) is 8.09. The zero-order valence-corrected chi connectivity index (χ0v) is 11.9. The molecule has 0 radical (unpaired) electrons. The van der Waals surface area contributed by atoms with E-state index in [2.05, 4.69) is 16.3 Å². The first-order chi connectivity index (χ1) is 9.26. The van der Waals surface area contributed by atoms with Crippen LogP contribution in [0.1, 0.15) is 16.0 Å². The van der Waals surface area contributed by atoms with Gasteiger partial charge in [-0.3, -0.25) is 4.90 Å². The summed E-state index contributed by atoms with van der Waals surface area (Å²) in [6.45, 7) is 3.02. The van der Waals surface area contributed by atoms with Crippen molar-refractivity contribution in [2.24, 2.45) is 0 Å². The van der Waals surface area contributed by atoms with Crippen LogP contribution in [0.5, 0.6) is 5.75 Å². The number of methoxy groups -OCH3 is 1. The molecule has 0 saturated carbocycles. The van der Waals surface area contributed by atoms with Gasteiger partial charge in [-0.1, -0.05) is 0 Å². The molecule has 0 amide bonds. The normalized spacial score (nSPS) is 15.2. The van der Waals surface area contributed by atoms with Gasteiger partial charge in [0.05, 0.1) is 7.11 Å². The van der Waals surface area contributed by atoms with Crippen LogP contribution in [0.15, 0.2) is 29.6 Å². The molecule has 1 aromatic carbocycles. The fourth-order valence-electron chi connectivity index (χ4n) is 2.60. The molecule has 100 valence electrons. The van der Waals surface area contributed by atoms with Crippen molar-refractivity contribution < 1.29 is 4.74 Å². The largest absolute Gasteiger partial charge is 0.496 e. The summed E-state index contributed by atoms with van der Waals surface area (Å²) in [4.78, 5) is 3.99. The topological polar surface area (TPSA) is 38.5 Å². The van der Waals surface area contributed by atoms with Crippen molar-refractivity contribution >= 4 is 17.0 Å². The van der Waals surface area contributed by atoms with E-state index in [-0.39, 0.29) is 0 Å². The molecular weight excluding hydrogens is 256 g/mol. The third kappa shape index (κ3) is 2.60. The predicted molar refractivity (Wildman–Crippen MR) is 79.5 cm³/mol. The Bertz CT molecular complexity index is 579. The molecule has 3 nitrogen and oxygen atoms in total. The van der Waals surface area contributed by atoms with Gasteiger partial charge in [0.1, 0.15) is 5.75 Å². The first kappa shape index (κ1) is 12.5. The predicted octanol–water partition coefficient (Wildman–Crippen LogP) is 2.90. The Morgan fingerprint density at radius 1 is 1.37 bits per heavy atom. The summed E-state index contributed by atoms with van der Waals surface area (Å²) >= 11 is 1.87. The van der Waals surface area contributed by atoms with Crippen molar-refractivity contribution in [2.45, 2.75) is 19.5 Å². The highest BCUT2D eigenvalue weighted by atomic mass is 32.1. The smallest absolute Gasteiger partial charge is 0.123 e. The number of fused-ring (bicyclic) bond motifs is 1. The molecule has 3 rings (SSSR count). The number of hydrogen-bond acceptors (Lipinski definition) is 4. The number of hydrogen-bond donors (Lipinski definition) is 1. The Kier molecular flexibility index (Phi) is 3.44. The second-order valence-electron chi connectivity index (χ2n) is 4.90. The van der Waals surface area contributed by atoms with E-state index in [4.69, 9.17) is 10.5 Å². The number of ether oxygens (including phenoxy) is 1. The Morgan fingerprint density at radius 2 is 2.26 bits per heavy atom. The summed E-state index contributed by atoms with van der Waals surface area (Å²) in [7, 11) is 1.71. The number of rotatable bonds is 3. The Labute approximate surface area is 117 Å². The molecule has 0 spiro atoms. The minimum Gasteiger partial charge on any atom is -0.496 e. The van der Waals surface area contributed by atoms with Crippen LogP contribution in [0.4, 0.5) is 5.69 Å². The summed E-state index contributed by atoms with van der Waals surface area (Å²) in [5.41, 5.74) is 9.31. The van der Waals surface area contributed by atoms with Crippen LogP contribution in [-0.2, 0) is 19.5 Å². The Balaban J connectivity index is 1.77. The van der Waals surface area contributed by atoms with Crippen molar-refractivity contribution in [3.05, 3.63) is 45.6 Å². The van der Waals surface area contributed by atoms with E-state index in [1.807, 2.05) is 29.5 Å². The zero-order valence-electron chi connectivity index (χ0n) is 11.1. The van der Waals surface area contributed by atoms with Crippen LogP contribution in [0.2, 0.25) is 0 Å². The Morgan fingerprint density at radius 3 is 3.11 bits per heavy atom. The molecule has 2 heterocycles. The van der Waals surface area contributed by atoms with Crippen molar-refractivity contribution in [1.82, 2.24) is 4.90 Å². The lowest BCUT2D eigenvalue weighted by Gasteiger charge is -2.27. The maximum Gasteiger partial charge on any atom is 0.123 e. The molecule has 0 bridgehead atoms. The highest BCUT2D eigenvalue weighted by Crippen LogP contribution is 2.28. The van der Waals surface area contributed by atoms with Gasteiger partial charge in [-0.2, -0.15) is 0 Å². The lowest BCUT2D eigenvalue weighted by molar-refractivity contribution is 0.243. The van der Waals surface area contributed by atoms with E-state index in [0.29, 0.717) is 0 Å². The SMILES string of the molecule is COc1ccc(N)cc1CN1CCc2sccc2C1. The van der Waals surface area contributed by atoms with Crippen molar-refractivity contribution in [3.8, 4) is 5.75 Å². The fraction of sp³-hybridized carbons (Fsp3) is 0.333. The Hall–Kier alpha value is -1.52. The van der Waals surface area contributed by atoms with Crippen LogP contribution in [0.25, 0.3) is 0 Å². The number of nitrogens with two attached hydrogens (primary N) is 1. The zero-order chi connectivity index (χ0) is 13.2. The molecule has 1 aliphatic heterocycles. The van der Waals surface area contributed by atoms with Gasteiger partial charge in [-0.05, 0) is 41.6 Å². The third-order valence-corrected chi connectivity index (χ3v) is 4.61. The molecule has 1 aromatic heterocycles. The van der Waals surface area contributed by atoms with Crippen molar-refractivity contribution in [3.63, 3.8) is 0 Å². The number of benzene rings is 1. The number of nitrogens with zero attached hydrogens (tertiary/aromatic N) is 1. The molecule has 2 aromatic rings. The standard InChI is InChI=1S/C15H18N2OS/c1-18-14-3-2-13(16)8-12(14)10-17-6-4-15-11(9-17)5-7-19-15/h2-3,5,7-8H,4,6,9-10,16H2,1H3. The van der Waals surface area contributed by atoms with Crippen molar-refractivity contribution in [1.29, 1.82) is 0 Å². The molecular formula is C15H18N2OS. The molecule has 4 heteroatoms. The average molecular weight is 274 g/mol. The van der Waals surface area contributed by atoms with E-state index in [1.165, 1.54) is 16.0 Å². The quantitative estimate of drug-likeness (QED) is 0.875. The summed E-state index contributed by atoms with van der Waals surface area (Å²) in [5.74, 6) is 0.922. The van der Waals surface area contributed by atoms with Crippen LogP contribution in [-0.4, -0.2) is 18.6 Å². The lowest BCUT2D eigenvalue weighted by atomic mass is 10.1. The minimum atomic E-state index is 0.795. The molecule has 19 heavy (non-hydrogen) atoms. The summed E-state index contributed by atoms with van der Waals surface area (Å²) in [5, 5.41) is 2.19. The van der Waals surface area contributed by atoms with Gasteiger partial charge in [0.15, 0.2) is 0 Å². The first-order valence-electron chi connectivity index (χ1n) is 6.46. The number of nitrogen functional groups attached to an aromatic ring is 1. The van der Waals surface area contributed by atoms with Gasteiger partial charge in [-0.15, -0.1) is 11.3 Å². The van der Waals surface area contributed by atoms with E-state index in [9.17, 15) is 0 Å². The van der Waals surface area contributed by atoms with Gasteiger partial charge in [0, 0.05) is 35.8 Å². The number of anilines is 1. The van der Waals surface area contributed by atoms with E-state index in [0.717, 1.165) is 37.5 Å². The van der Waals surface area contributed by atoms with Gasteiger partial charge < -0.3 is 10.5 Å². The minimum absolute atomic E-state index is 0.795. The van der Waals surface area contributed by atoms with Crippen LogP contribution < -0.4 is 10.5 Å². The summed E-state index contributed by atoms with van der Waals surface area (Å²) in [6.07, 6.45) is 1.15. The molecule has 0 unspecified atom stereocenters. The summed E-state index contributed by atoms with van der Waals surface area (Å²) < 4.78 is 5.42. The highest BCUT2D eigenvalue weighted by Gasteiger charge is 2.18. The van der Waals surface area contributed by atoms with Gasteiger partial charge >= 0.3 is 0 Å². The van der Waals surface area contributed by atoms with Gasteiger partial charge in [-0.25, -0.2) is 0 Å². The molecule has 0 atom stereocenters.